The third kappa shape index (κ3) is 4.87. The normalized spacial score (nSPS) is 19.9. The molecule has 6 rings (SSSR count). The van der Waals surface area contributed by atoms with Crippen molar-refractivity contribution < 1.29 is 19.1 Å². The van der Waals surface area contributed by atoms with Crippen LogP contribution < -0.4 is 19.8 Å². The first-order valence-electron chi connectivity index (χ1n) is 12.0. The van der Waals surface area contributed by atoms with Crippen molar-refractivity contribution in [3.63, 3.8) is 0 Å². The minimum absolute atomic E-state index is 0.175. The Morgan fingerprint density at radius 3 is 2.38 bits per heavy atom. The quantitative estimate of drug-likeness (QED) is 0.316. The summed E-state index contributed by atoms with van der Waals surface area (Å²) in [7, 11) is 0. The number of carbonyl (C=O) groups excluding carboxylic acids is 3. The average Bonchev–Trinajstić information content (AvgIpc) is 3.43. The first kappa shape index (κ1) is 25.4. The second-order valence-corrected chi connectivity index (χ2v) is 11.6. The molecule has 0 radical (unpaired) electrons. The number of carbonyl (C=O) groups is 3. The lowest BCUT2D eigenvalue weighted by atomic mass is 9.83. The highest BCUT2D eigenvalue weighted by molar-refractivity contribution is 8.00. The van der Waals surface area contributed by atoms with Gasteiger partial charge in [0.15, 0.2) is 6.61 Å². The van der Waals surface area contributed by atoms with E-state index in [-0.39, 0.29) is 29.2 Å². The number of imide groups is 1. The zero-order valence-corrected chi connectivity index (χ0v) is 22.5. The molecule has 3 atom stereocenters. The number of thioether (sulfide) groups is 1. The molecule has 3 amide bonds. The van der Waals surface area contributed by atoms with E-state index in [4.69, 9.17) is 16.3 Å². The number of fused-ring (bicyclic) bond motifs is 2. The van der Waals surface area contributed by atoms with Crippen molar-refractivity contribution in [1.29, 1.82) is 0 Å². The van der Waals surface area contributed by atoms with Gasteiger partial charge in [0.2, 0.25) is 11.8 Å². The lowest BCUT2D eigenvalue weighted by molar-refractivity contribution is -0.122. The van der Waals surface area contributed by atoms with Crippen LogP contribution in [0.15, 0.2) is 88.7 Å². The van der Waals surface area contributed by atoms with Crippen LogP contribution in [0.25, 0.3) is 0 Å². The van der Waals surface area contributed by atoms with Gasteiger partial charge in [-0.3, -0.25) is 19.2 Å². The van der Waals surface area contributed by atoms with Crippen LogP contribution >= 0.6 is 34.7 Å². The molecule has 1 aromatic heterocycles. The molecule has 0 unspecified atom stereocenters. The molecule has 1 fully saturated rings. The topological polar surface area (TPSA) is 109 Å². The van der Waals surface area contributed by atoms with E-state index in [1.54, 1.807) is 60.7 Å². The minimum Gasteiger partial charge on any atom is -0.484 e. The van der Waals surface area contributed by atoms with E-state index >= 15 is 0 Å². The number of hydrogen-bond donors (Lipinski definition) is 2. The van der Waals surface area contributed by atoms with Crippen molar-refractivity contribution in [3.8, 4) is 5.75 Å². The van der Waals surface area contributed by atoms with Gasteiger partial charge in [0.1, 0.15) is 11.0 Å². The van der Waals surface area contributed by atoms with Crippen LogP contribution in [-0.2, 0) is 14.4 Å². The summed E-state index contributed by atoms with van der Waals surface area (Å²) < 4.78 is 5.66. The predicted molar refractivity (Wildman–Crippen MR) is 151 cm³/mol. The second-order valence-electron chi connectivity index (χ2n) is 9.01. The summed E-state index contributed by atoms with van der Waals surface area (Å²) in [6.07, 6.45) is 0. The van der Waals surface area contributed by atoms with Crippen LogP contribution in [0.4, 0.5) is 11.4 Å². The molecule has 8 nitrogen and oxygen atoms in total. The van der Waals surface area contributed by atoms with E-state index in [9.17, 15) is 19.2 Å². The Bertz CT molecular complexity index is 1620. The van der Waals surface area contributed by atoms with Gasteiger partial charge in [0.05, 0.1) is 16.6 Å². The molecule has 2 N–H and O–H groups in total. The van der Waals surface area contributed by atoms with E-state index in [0.29, 0.717) is 27.2 Å². The third-order valence-electron chi connectivity index (χ3n) is 6.58. The van der Waals surface area contributed by atoms with Crippen molar-refractivity contribution >= 4 is 63.8 Å². The Kier molecular flexibility index (Phi) is 6.76. The van der Waals surface area contributed by atoms with Crippen LogP contribution in [0.2, 0.25) is 5.02 Å². The molecule has 0 bridgehead atoms. The van der Waals surface area contributed by atoms with Crippen molar-refractivity contribution in [1.82, 2.24) is 4.98 Å². The van der Waals surface area contributed by atoms with E-state index in [1.807, 2.05) is 18.2 Å². The predicted octanol–water partition coefficient (Wildman–Crippen LogP) is 4.90. The van der Waals surface area contributed by atoms with E-state index < -0.39 is 17.1 Å². The number of para-hydroxylation sites is 1. The maximum absolute atomic E-state index is 13.7. The Labute approximate surface area is 236 Å². The number of rotatable bonds is 6. The SMILES string of the molecule is O=C(COc1ccc([C@@H]2c3sc(=O)[nH]c3S[C@H]3C(=O)N(c4ccc(Cl)cc4)C(=O)[C@@H]23)cc1)Nc1ccccc1. The van der Waals surface area contributed by atoms with Crippen LogP contribution in [0, 0.1) is 5.92 Å². The molecule has 196 valence electrons. The maximum Gasteiger partial charge on any atom is 0.305 e. The standard InChI is InChI=1S/C28H20ClN3O5S2/c29-16-8-10-18(11-9-16)32-26(34)22-21(23-25(31-28(36)39-23)38-24(22)27(32)35)15-6-12-19(13-7-15)37-14-20(33)30-17-4-2-1-3-5-17/h1-13,21-22,24H,14H2,(H,30,33)(H,31,36)/t21-,22-,24+/m0/s1. The zero-order valence-electron chi connectivity index (χ0n) is 20.1. The molecule has 2 aliphatic heterocycles. The number of amides is 3. The minimum atomic E-state index is -0.694. The van der Waals surface area contributed by atoms with Gasteiger partial charge in [-0.05, 0) is 54.1 Å². The Morgan fingerprint density at radius 1 is 0.949 bits per heavy atom. The first-order valence-corrected chi connectivity index (χ1v) is 14.1. The van der Waals surface area contributed by atoms with E-state index in [0.717, 1.165) is 21.8 Å². The number of aromatic nitrogens is 1. The van der Waals surface area contributed by atoms with Crippen molar-refractivity contribution in [2.24, 2.45) is 5.92 Å². The average molecular weight is 578 g/mol. The molecule has 39 heavy (non-hydrogen) atoms. The highest BCUT2D eigenvalue weighted by atomic mass is 35.5. The molecule has 1 saturated heterocycles. The second kappa shape index (κ2) is 10.4. The van der Waals surface area contributed by atoms with Crippen LogP contribution in [0.3, 0.4) is 0 Å². The van der Waals surface area contributed by atoms with E-state index in [2.05, 4.69) is 10.3 Å². The number of H-pyrrole nitrogens is 1. The maximum atomic E-state index is 13.7. The number of ether oxygens (including phenoxy) is 1. The Morgan fingerprint density at radius 2 is 1.67 bits per heavy atom. The van der Waals surface area contributed by atoms with Gasteiger partial charge in [0, 0.05) is 21.5 Å². The zero-order chi connectivity index (χ0) is 27.1. The number of benzene rings is 3. The summed E-state index contributed by atoms with van der Waals surface area (Å²) in [5.41, 5.74) is 1.90. The molecule has 3 aromatic carbocycles. The van der Waals surface area contributed by atoms with Gasteiger partial charge >= 0.3 is 4.87 Å². The molecular formula is C28H20ClN3O5S2. The molecule has 0 spiro atoms. The van der Waals surface area contributed by atoms with Crippen molar-refractivity contribution in [2.45, 2.75) is 16.2 Å². The molecule has 3 heterocycles. The van der Waals surface area contributed by atoms with Gasteiger partial charge in [-0.2, -0.15) is 0 Å². The summed E-state index contributed by atoms with van der Waals surface area (Å²) in [4.78, 5) is 56.2. The molecule has 11 heteroatoms. The fourth-order valence-electron chi connectivity index (χ4n) is 4.86. The smallest absolute Gasteiger partial charge is 0.305 e. The van der Waals surface area contributed by atoms with Gasteiger partial charge in [0.25, 0.3) is 5.91 Å². The fraction of sp³-hybridized carbons (Fsp3) is 0.143. The van der Waals surface area contributed by atoms with Gasteiger partial charge in [-0.25, -0.2) is 4.90 Å². The number of thiazole rings is 1. The lowest BCUT2D eigenvalue weighted by Gasteiger charge is -2.29. The summed E-state index contributed by atoms with van der Waals surface area (Å²) in [5.74, 6) is -1.67. The van der Waals surface area contributed by atoms with Gasteiger partial charge < -0.3 is 15.0 Å². The van der Waals surface area contributed by atoms with Crippen LogP contribution in [-0.4, -0.2) is 34.6 Å². The number of nitrogens with one attached hydrogen (secondary N) is 2. The molecule has 0 saturated carbocycles. The van der Waals surface area contributed by atoms with Crippen molar-refractivity contribution in [2.75, 3.05) is 16.8 Å². The highest BCUT2D eigenvalue weighted by Crippen LogP contribution is 2.53. The first-order chi connectivity index (χ1) is 18.9. The largest absolute Gasteiger partial charge is 0.484 e. The van der Waals surface area contributed by atoms with E-state index in [1.165, 1.54) is 16.7 Å². The lowest BCUT2D eigenvalue weighted by Crippen LogP contribution is -2.32. The molecule has 2 aliphatic rings. The molecular weight excluding hydrogens is 558 g/mol. The van der Waals surface area contributed by atoms with Crippen LogP contribution in [0.1, 0.15) is 16.4 Å². The van der Waals surface area contributed by atoms with Gasteiger partial charge in [-0.1, -0.05) is 65.0 Å². The summed E-state index contributed by atoms with van der Waals surface area (Å²) in [6, 6.07) is 22.7. The Hall–Kier alpha value is -3.86. The number of aromatic amines is 1. The van der Waals surface area contributed by atoms with Crippen LogP contribution in [0.5, 0.6) is 5.75 Å². The monoisotopic (exact) mass is 577 g/mol. The Balaban J connectivity index is 1.25. The van der Waals surface area contributed by atoms with Gasteiger partial charge in [-0.15, -0.1) is 0 Å². The summed E-state index contributed by atoms with van der Waals surface area (Å²) >= 11 is 8.28. The molecule has 4 aromatic rings. The number of nitrogens with zero attached hydrogens (tertiary/aromatic N) is 1. The highest BCUT2D eigenvalue weighted by Gasteiger charge is 2.56. The fourth-order valence-corrected chi connectivity index (χ4v) is 7.50. The molecule has 0 aliphatic carbocycles. The number of anilines is 2. The number of hydrogen-bond acceptors (Lipinski definition) is 7. The van der Waals surface area contributed by atoms with Crippen molar-refractivity contribution in [3.05, 3.63) is 104 Å². The summed E-state index contributed by atoms with van der Waals surface area (Å²) in [6.45, 7) is -0.175. The number of halogens is 1. The third-order valence-corrected chi connectivity index (χ3v) is 9.23. The summed E-state index contributed by atoms with van der Waals surface area (Å²) in [5, 5.41) is 3.18.